The quantitative estimate of drug-likeness (QED) is 0.728. The van der Waals surface area contributed by atoms with Crippen LogP contribution in [-0.4, -0.2) is 18.8 Å². The maximum Gasteiger partial charge on any atom is 0.117 e. The fourth-order valence-corrected chi connectivity index (χ4v) is 2.12. The molecule has 15 heavy (non-hydrogen) atoms. The number of hydrogen-bond acceptors (Lipinski definition) is 2. The van der Waals surface area contributed by atoms with E-state index in [1.165, 1.54) is 0 Å². The van der Waals surface area contributed by atoms with E-state index >= 15 is 0 Å². The van der Waals surface area contributed by atoms with Gasteiger partial charge in [0.2, 0.25) is 0 Å². The van der Waals surface area contributed by atoms with Gasteiger partial charge in [-0.05, 0) is 43.6 Å². The van der Waals surface area contributed by atoms with Crippen LogP contribution in [0.15, 0.2) is 24.3 Å². The molecule has 1 aliphatic heterocycles. The molecule has 82 valence electrons. The van der Waals surface area contributed by atoms with Crippen molar-refractivity contribution in [3.8, 4) is 0 Å². The van der Waals surface area contributed by atoms with E-state index in [1.807, 2.05) is 24.3 Å². The third-order valence-electron chi connectivity index (χ3n) is 2.97. The zero-order valence-corrected chi connectivity index (χ0v) is 8.80. The highest BCUT2D eigenvalue weighted by Gasteiger charge is 2.31. The molecule has 2 nitrogen and oxygen atoms in total. The van der Waals surface area contributed by atoms with Crippen LogP contribution in [0.25, 0.3) is 0 Å². The summed E-state index contributed by atoms with van der Waals surface area (Å²) in [4.78, 5) is 0. The first-order valence-electron chi connectivity index (χ1n) is 5.42. The Morgan fingerprint density at radius 3 is 2.73 bits per heavy atom. The molecule has 0 atom stereocenters. The number of halogens is 1. The van der Waals surface area contributed by atoms with Gasteiger partial charge in [0.1, 0.15) is 5.67 Å². The Bertz CT molecular complexity index is 332. The topological polar surface area (TPSA) is 38.0 Å². The molecule has 0 aromatic heterocycles. The molecule has 3 heteroatoms. The van der Waals surface area contributed by atoms with E-state index < -0.39 is 5.67 Å². The maximum absolute atomic E-state index is 14.3. The first-order chi connectivity index (χ1) is 7.18. The average Bonchev–Trinajstić information content (AvgIpc) is 2.18. The second kappa shape index (κ2) is 4.19. The molecule has 0 amide bonds. The number of alkyl halides is 1. The highest BCUT2D eigenvalue weighted by molar-refractivity contribution is 5.41. The Morgan fingerprint density at radius 1 is 1.33 bits per heavy atom. The molecular weight excluding hydrogens is 191 g/mol. The van der Waals surface area contributed by atoms with Crippen molar-refractivity contribution < 1.29 is 4.39 Å². The van der Waals surface area contributed by atoms with Crippen LogP contribution in [0.1, 0.15) is 18.4 Å². The number of rotatable bonds is 2. The number of anilines is 1. The van der Waals surface area contributed by atoms with E-state index in [1.54, 1.807) is 0 Å². The first kappa shape index (κ1) is 10.4. The molecule has 3 N–H and O–H groups in total. The molecule has 1 aliphatic rings. The van der Waals surface area contributed by atoms with E-state index in [2.05, 4.69) is 5.32 Å². The molecule has 0 aliphatic carbocycles. The normalized spacial score (nSPS) is 20.1. The molecule has 0 radical (unpaired) electrons. The molecule has 0 unspecified atom stereocenters. The van der Waals surface area contributed by atoms with Crippen molar-refractivity contribution in [2.24, 2.45) is 0 Å². The lowest BCUT2D eigenvalue weighted by Gasteiger charge is -2.30. The van der Waals surface area contributed by atoms with Crippen molar-refractivity contribution in [2.45, 2.75) is 24.9 Å². The second-order valence-electron chi connectivity index (χ2n) is 4.32. The van der Waals surface area contributed by atoms with Crippen LogP contribution in [-0.2, 0) is 6.42 Å². The van der Waals surface area contributed by atoms with Crippen molar-refractivity contribution in [1.82, 2.24) is 5.32 Å². The zero-order valence-electron chi connectivity index (χ0n) is 8.80. The van der Waals surface area contributed by atoms with Crippen LogP contribution in [0.2, 0.25) is 0 Å². The Balaban J connectivity index is 2.06. The number of nitrogens with one attached hydrogen (secondary N) is 1. The number of piperidine rings is 1. The minimum absolute atomic E-state index is 0.486. The molecule has 0 saturated carbocycles. The maximum atomic E-state index is 14.3. The van der Waals surface area contributed by atoms with Gasteiger partial charge in [0, 0.05) is 12.1 Å². The molecular formula is C12H17FN2. The monoisotopic (exact) mass is 208 g/mol. The molecule has 0 bridgehead atoms. The standard InChI is InChI=1S/C12H17FN2/c13-12(4-6-15-7-5-12)9-10-2-1-3-11(14)8-10/h1-3,8,15H,4-7,9,14H2. The summed E-state index contributed by atoms with van der Waals surface area (Å²) >= 11 is 0. The first-order valence-corrected chi connectivity index (χ1v) is 5.42. The summed E-state index contributed by atoms with van der Waals surface area (Å²) in [6.07, 6.45) is 1.68. The van der Waals surface area contributed by atoms with Crippen LogP contribution in [0.3, 0.4) is 0 Å². The van der Waals surface area contributed by atoms with Gasteiger partial charge >= 0.3 is 0 Å². The number of nitrogen functional groups attached to an aromatic ring is 1. The highest BCUT2D eigenvalue weighted by Crippen LogP contribution is 2.28. The number of nitrogens with two attached hydrogens (primary N) is 1. The summed E-state index contributed by atoms with van der Waals surface area (Å²) in [5, 5.41) is 3.17. The summed E-state index contributed by atoms with van der Waals surface area (Å²) < 4.78 is 14.3. The summed E-state index contributed by atoms with van der Waals surface area (Å²) in [5.41, 5.74) is 6.34. The van der Waals surface area contributed by atoms with Gasteiger partial charge in [-0.1, -0.05) is 12.1 Å². The van der Waals surface area contributed by atoms with Crippen LogP contribution in [0.4, 0.5) is 10.1 Å². The summed E-state index contributed by atoms with van der Waals surface area (Å²) in [6.45, 7) is 1.55. The Hall–Kier alpha value is -1.09. The molecule has 0 spiro atoms. The van der Waals surface area contributed by atoms with Crippen LogP contribution >= 0.6 is 0 Å². The second-order valence-corrected chi connectivity index (χ2v) is 4.32. The lowest BCUT2D eigenvalue weighted by Crippen LogP contribution is -2.40. The van der Waals surface area contributed by atoms with Crippen LogP contribution < -0.4 is 11.1 Å². The lowest BCUT2D eigenvalue weighted by atomic mass is 9.88. The van der Waals surface area contributed by atoms with Crippen molar-refractivity contribution in [3.05, 3.63) is 29.8 Å². The van der Waals surface area contributed by atoms with Crippen molar-refractivity contribution in [3.63, 3.8) is 0 Å². The fourth-order valence-electron chi connectivity index (χ4n) is 2.12. The minimum atomic E-state index is -1.04. The van der Waals surface area contributed by atoms with E-state index in [4.69, 9.17) is 5.73 Å². The van der Waals surface area contributed by atoms with Crippen molar-refractivity contribution in [2.75, 3.05) is 18.8 Å². The Labute approximate surface area is 89.7 Å². The minimum Gasteiger partial charge on any atom is -0.399 e. The number of benzene rings is 1. The summed E-state index contributed by atoms with van der Waals surface area (Å²) in [6, 6.07) is 7.52. The molecule has 1 saturated heterocycles. The van der Waals surface area contributed by atoms with Gasteiger partial charge in [-0.3, -0.25) is 0 Å². The van der Waals surface area contributed by atoms with Gasteiger partial charge < -0.3 is 11.1 Å². The number of hydrogen-bond donors (Lipinski definition) is 2. The largest absolute Gasteiger partial charge is 0.399 e. The SMILES string of the molecule is Nc1cccc(CC2(F)CCNCC2)c1. The third kappa shape index (κ3) is 2.69. The van der Waals surface area contributed by atoms with Gasteiger partial charge in [-0.2, -0.15) is 0 Å². The average molecular weight is 208 g/mol. The summed E-state index contributed by atoms with van der Waals surface area (Å²) in [7, 11) is 0. The molecule has 1 aromatic carbocycles. The van der Waals surface area contributed by atoms with Gasteiger partial charge in [0.25, 0.3) is 0 Å². The van der Waals surface area contributed by atoms with Crippen molar-refractivity contribution in [1.29, 1.82) is 0 Å². The third-order valence-corrected chi connectivity index (χ3v) is 2.97. The van der Waals surface area contributed by atoms with Crippen LogP contribution in [0, 0.1) is 0 Å². The highest BCUT2D eigenvalue weighted by atomic mass is 19.1. The van der Waals surface area contributed by atoms with E-state index in [0.29, 0.717) is 24.9 Å². The van der Waals surface area contributed by atoms with E-state index in [-0.39, 0.29) is 0 Å². The van der Waals surface area contributed by atoms with E-state index in [0.717, 1.165) is 18.7 Å². The molecule has 2 rings (SSSR count). The Kier molecular flexibility index (Phi) is 2.91. The van der Waals surface area contributed by atoms with Gasteiger partial charge in [0.05, 0.1) is 0 Å². The van der Waals surface area contributed by atoms with Crippen molar-refractivity contribution >= 4 is 5.69 Å². The zero-order chi connectivity index (χ0) is 10.7. The molecule has 1 aromatic rings. The predicted molar refractivity (Wildman–Crippen MR) is 60.5 cm³/mol. The molecule has 1 heterocycles. The van der Waals surface area contributed by atoms with Gasteiger partial charge in [-0.15, -0.1) is 0 Å². The smallest absolute Gasteiger partial charge is 0.117 e. The predicted octanol–water partition coefficient (Wildman–Crippen LogP) is 1.90. The fraction of sp³-hybridized carbons (Fsp3) is 0.500. The molecule has 1 fully saturated rings. The lowest BCUT2D eigenvalue weighted by molar-refractivity contribution is 0.116. The van der Waals surface area contributed by atoms with E-state index in [9.17, 15) is 4.39 Å². The Morgan fingerprint density at radius 2 is 2.07 bits per heavy atom. The summed E-state index contributed by atoms with van der Waals surface area (Å²) in [5.74, 6) is 0. The van der Waals surface area contributed by atoms with Gasteiger partial charge in [-0.25, -0.2) is 4.39 Å². The van der Waals surface area contributed by atoms with Crippen LogP contribution in [0.5, 0.6) is 0 Å². The van der Waals surface area contributed by atoms with Gasteiger partial charge in [0.15, 0.2) is 0 Å².